The molecule has 0 N–H and O–H groups in total. The molecule has 2 aromatic heterocycles. The molecule has 2 aromatic carbocycles. The summed E-state index contributed by atoms with van der Waals surface area (Å²) in [6.07, 6.45) is 2.76. The van der Waals surface area contributed by atoms with Crippen LogP contribution in [0.15, 0.2) is 104 Å². The normalized spacial score (nSPS) is 21.5. The van der Waals surface area contributed by atoms with Gasteiger partial charge in [0.05, 0.1) is 26.7 Å². The summed E-state index contributed by atoms with van der Waals surface area (Å²) in [7, 11) is 2.91. The minimum absolute atomic E-state index is 0.0664. The Bertz CT molecular complexity index is 1280. The van der Waals surface area contributed by atoms with Gasteiger partial charge in [-0.1, -0.05) is 60.7 Å². The Labute approximate surface area is 196 Å². The molecule has 1 aliphatic rings. The monoisotopic (exact) mass is 456 g/mol. The van der Waals surface area contributed by atoms with Crippen molar-refractivity contribution in [2.45, 2.75) is 23.7 Å². The van der Waals surface area contributed by atoms with E-state index in [2.05, 4.69) is 24.3 Å². The van der Waals surface area contributed by atoms with E-state index < -0.39 is 0 Å². The van der Waals surface area contributed by atoms with Crippen LogP contribution in [0.5, 0.6) is 11.5 Å². The van der Waals surface area contributed by atoms with Gasteiger partial charge in [-0.2, -0.15) is 0 Å². The molecule has 1 aliphatic carbocycles. The quantitative estimate of drug-likeness (QED) is 0.404. The van der Waals surface area contributed by atoms with Crippen LogP contribution >= 0.6 is 0 Å². The van der Waals surface area contributed by atoms with Crippen molar-refractivity contribution in [1.29, 1.82) is 0 Å². The zero-order valence-corrected chi connectivity index (χ0v) is 18.8. The van der Waals surface area contributed by atoms with Gasteiger partial charge in [-0.3, -0.25) is 9.59 Å². The molecule has 5 rings (SSSR count). The molecule has 0 spiro atoms. The van der Waals surface area contributed by atoms with Crippen LogP contribution in [0, 0.1) is 0 Å². The molecule has 4 aromatic rings. The largest absolute Gasteiger partial charge is 0.490 e. The number of hydrogen-bond acceptors (Lipinski definition) is 6. The fourth-order valence-electron chi connectivity index (χ4n) is 5.28. The lowest BCUT2D eigenvalue weighted by molar-refractivity contribution is 0.160. The van der Waals surface area contributed by atoms with E-state index in [1.165, 1.54) is 38.9 Å². The Morgan fingerprint density at radius 2 is 0.941 bits per heavy atom. The number of ether oxygens (including phenoxy) is 2. The summed E-state index contributed by atoms with van der Waals surface area (Å²) in [5.74, 6) is 0.354. The van der Waals surface area contributed by atoms with Crippen LogP contribution in [0.4, 0.5) is 0 Å². The number of rotatable bonds is 6. The second-order valence-corrected chi connectivity index (χ2v) is 8.29. The minimum Gasteiger partial charge on any atom is -0.490 e. The van der Waals surface area contributed by atoms with E-state index in [-0.39, 0.29) is 46.0 Å². The maximum Gasteiger partial charge on any atom is 0.227 e. The lowest BCUT2D eigenvalue weighted by atomic mass is 9.51. The molecule has 6 heteroatoms. The molecule has 4 atom stereocenters. The molecule has 0 bridgehead atoms. The zero-order chi connectivity index (χ0) is 23.7. The third-order valence-electron chi connectivity index (χ3n) is 6.65. The lowest BCUT2D eigenvalue weighted by Gasteiger charge is -2.51. The summed E-state index contributed by atoms with van der Waals surface area (Å²) in [6, 6.07) is 22.8. The van der Waals surface area contributed by atoms with Crippen molar-refractivity contribution < 1.29 is 18.3 Å². The van der Waals surface area contributed by atoms with Gasteiger partial charge in [0.25, 0.3) is 0 Å². The van der Waals surface area contributed by atoms with Crippen molar-refractivity contribution in [3.05, 3.63) is 128 Å². The Kier molecular flexibility index (Phi) is 5.80. The van der Waals surface area contributed by atoms with E-state index in [4.69, 9.17) is 18.3 Å². The second kappa shape index (κ2) is 9.06. The van der Waals surface area contributed by atoms with Crippen LogP contribution in [0.3, 0.4) is 0 Å². The molecular formula is C28H24O6. The third-order valence-corrected chi connectivity index (χ3v) is 6.65. The topological polar surface area (TPSA) is 78.9 Å². The summed E-state index contributed by atoms with van der Waals surface area (Å²) in [5.41, 5.74) is 1.64. The van der Waals surface area contributed by atoms with Crippen LogP contribution in [-0.2, 0) is 0 Å². The molecule has 1 fully saturated rings. The first-order valence-corrected chi connectivity index (χ1v) is 11.1. The highest BCUT2D eigenvalue weighted by atomic mass is 16.5. The average Bonchev–Trinajstić information content (AvgIpc) is 2.85. The van der Waals surface area contributed by atoms with Crippen molar-refractivity contribution in [3.8, 4) is 11.5 Å². The predicted octanol–water partition coefficient (Wildman–Crippen LogP) is 5.06. The van der Waals surface area contributed by atoms with Crippen LogP contribution in [0.2, 0.25) is 0 Å². The smallest absolute Gasteiger partial charge is 0.227 e. The fraction of sp³-hybridized carbons (Fsp3) is 0.214. The van der Waals surface area contributed by atoms with Crippen LogP contribution < -0.4 is 20.3 Å². The highest BCUT2D eigenvalue weighted by molar-refractivity contribution is 5.49. The SMILES string of the molecule is COc1c([C@@H]2[C@@H](c3ccccc3)[C@H](c3ccccc3)[C@H]2c2occc(=O)c2OC)occc1=O. The highest BCUT2D eigenvalue weighted by Crippen LogP contribution is 2.67. The van der Waals surface area contributed by atoms with Gasteiger partial charge in [0.2, 0.25) is 22.4 Å². The van der Waals surface area contributed by atoms with Crippen molar-refractivity contribution in [1.82, 2.24) is 0 Å². The first kappa shape index (κ1) is 21.8. The van der Waals surface area contributed by atoms with Crippen LogP contribution in [0.25, 0.3) is 0 Å². The van der Waals surface area contributed by atoms with Gasteiger partial charge in [0.15, 0.2) is 11.5 Å². The number of benzene rings is 2. The van der Waals surface area contributed by atoms with Crippen molar-refractivity contribution >= 4 is 0 Å². The summed E-state index contributed by atoms with van der Waals surface area (Å²) in [5, 5.41) is 0. The summed E-state index contributed by atoms with van der Waals surface area (Å²) in [6.45, 7) is 0. The maximum absolute atomic E-state index is 12.6. The van der Waals surface area contributed by atoms with E-state index >= 15 is 0 Å². The van der Waals surface area contributed by atoms with Gasteiger partial charge in [-0.15, -0.1) is 0 Å². The molecule has 172 valence electrons. The van der Waals surface area contributed by atoms with E-state index in [0.717, 1.165) is 11.1 Å². The van der Waals surface area contributed by atoms with Gasteiger partial charge >= 0.3 is 0 Å². The maximum atomic E-state index is 12.6. The summed E-state index contributed by atoms with van der Waals surface area (Å²) in [4.78, 5) is 25.3. The second-order valence-electron chi connectivity index (χ2n) is 8.29. The Morgan fingerprint density at radius 1 is 0.559 bits per heavy atom. The fourth-order valence-corrected chi connectivity index (χ4v) is 5.28. The van der Waals surface area contributed by atoms with E-state index in [0.29, 0.717) is 11.5 Å². The van der Waals surface area contributed by atoms with Crippen molar-refractivity contribution in [2.75, 3.05) is 14.2 Å². The number of methoxy groups -OCH3 is 2. The Balaban J connectivity index is 1.79. The van der Waals surface area contributed by atoms with Crippen molar-refractivity contribution in [2.24, 2.45) is 0 Å². The lowest BCUT2D eigenvalue weighted by Crippen LogP contribution is -2.41. The molecule has 0 radical (unpaired) electrons. The molecule has 34 heavy (non-hydrogen) atoms. The first-order chi connectivity index (χ1) is 16.7. The Morgan fingerprint density at radius 3 is 1.29 bits per heavy atom. The Hall–Kier alpha value is -4.06. The molecule has 0 aliphatic heterocycles. The third kappa shape index (κ3) is 3.52. The molecule has 0 unspecified atom stereocenters. The molecule has 2 heterocycles. The molecular weight excluding hydrogens is 432 g/mol. The van der Waals surface area contributed by atoms with E-state index in [9.17, 15) is 9.59 Å². The standard InChI is InChI=1S/C28H24O6/c1-31-25-19(29)13-15-33-27(25)23-21(17-9-5-3-6-10-17)22(18-11-7-4-8-12-18)24(23)28-26(32-2)20(30)14-16-34-28/h3-16,21-24H,1-2H3/t21-,22-,23+,24+/m0/s1. The summed E-state index contributed by atoms with van der Waals surface area (Å²) < 4.78 is 22.9. The average molecular weight is 456 g/mol. The van der Waals surface area contributed by atoms with Crippen LogP contribution in [0.1, 0.15) is 46.3 Å². The van der Waals surface area contributed by atoms with E-state index in [1.807, 2.05) is 36.4 Å². The molecule has 1 saturated carbocycles. The van der Waals surface area contributed by atoms with Gasteiger partial charge in [0, 0.05) is 35.8 Å². The minimum atomic E-state index is -0.337. The first-order valence-electron chi connectivity index (χ1n) is 11.1. The predicted molar refractivity (Wildman–Crippen MR) is 127 cm³/mol. The van der Waals surface area contributed by atoms with Gasteiger partial charge < -0.3 is 18.3 Å². The zero-order valence-electron chi connectivity index (χ0n) is 18.8. The number of hydrogen-bond donors (Lipinski definition) is 0. The van der Waals surface area contributed by atoms with Gasteiger partial charge in [-0.05, 0) is 11.1 Å². The molecule has 0 saturated heterocycles. The van der Waals surface area contributed by atoms with E-state index in [1.54, 1.807) is 0 Å². The summed E-state index contributed by atoms with van der Waals surface area (Å²) >= 11 is 0. The highest BCUT2D eigenvalue weighted by Gasteiger charge is 2.57. The molecule has 0 amide bonds. The van der Waals surface area contributed by atoms with Crippen LogP contribution in [-0.4, -0.2) is 14.2 Å². The molecule has 6 nitrogen and oxygen atoms in total. The van der Waals surface area contributed by atoms with Gasteiger partial charge in [0.1, 0.15) is 0 Å². The van der Waals surface area contributed by atoms with Gasteiger partial charge in [-0.25, -0.2) is 0 Å². The van der Waals surface area contributed by atoms with Crippen molar-refractivity contribution in [3.63, 3.8) is 0 Å².